The van der Waals surface area contributed by atoms with Gasteiger partial charge in [-0.3, -0.25) is 9.59 Å². The summed E-state index contributed by atoms with van der Waals surface area (Å²) in [5.41, 5.74) is 0.416. The lowest BCUT2D eigenvalue weighted by Gasteiger charge is -2.36. The number of piperazine rings is 1. The van der Waals surface area contributed by atoms with Crippen molar-refractivity contribution >= 4 is 44.9 Å². The molecule has 2 saturated heterocycles. The number of nitrogens with zero attached hydrogens (tertiary/aromatic N) is 2. The van der Waals surface area contributed by atoms with Gasteiger partial charge in [-0.25, -0.2) is 8.42 Å². The molecular weight excluding hydrogens is 387 g/mol. The summed E-state index contributed by atoms with van der Waals surface area (Å²) in [4.78, 5) is 28.3. The Hall–Kier alpha value is -1.31. The molecule has 0 N–H and O–H groups in total. The van der Waals surface area contributed by atoms with Gasteiger partial charge in [0.2, 0.25) is 5.91 Å². The number of carbonyl (C=O) groups excluding carboxylic acids is 2. The molecule has 1 aromatic rings. The Morgan fingerprint density at radius 1 is 0.960 bits per heavy atom. The van der Waals surface area contributed by atoms with Crippen molar-refractivity contribution in [1.82, 2.24) is 9.80 Å². The van der Waals surface area contributed by atoms with Gasteiger partial charge in [-0.2, -0.15) is 0 Å². The minimum absolute atomic E-state index is 0.0635. The van der Waals surface area contributed by atoms with Crippen LogP contribution in [-0.2, 0) is 14.6 Å². The van der Waals surface area contributed by atoms with Crippen LogP contribution in [0.4, 0.5) is 0 Å². The van der Waals surface area contributed by atoms with Gasteiger partial charge in [0, 0.05) is 41.8 Å². The van der Waals surface area contributed by atoms with Gasteiger partial charge in [0.25, 0.3) is 5.91 Å². The predicted octanol–water partition coefficient (Wildman–Crippen LogP) is 1.71. The van der Waals surface area contributed by atoms with E-state index in [4.69, 9.17) is 23.2 Å². The zero-order chi connectivity index (χ0) is 18.2. The van der Waals surface area contributed by atoms with Crippen LogP contribution in [0.15, 0.2) is 18.2 Å². The number of halogens is 2. The summed E-state index contributed by atoms with van der Waals surface area (Å²) < 4.78 is 23.1. The van der Waals surface area contributed by atoms with Crippen LogP contribution in [-0.4, -0.2) is 67.7 Å². The van der Waals surface area contributed by atoms with Crippen molar-refractivity contribution in [1.29, 1.82) is 0 Å². The SMILES string of the molecule is O=C(c1cc(Cl)cc(Cl)c1)N1CCN(C(=O)C2CCS(=O)(=O)C2)CC1. The van der Waals surface area contributed by atoms with Crippen LogP contribution in [0.1, 0.15) is 16.8 Å². The average molecular weight is 405 g/mol. The van der Waals surface area contributed by atoms with Crippen molar-refractivity contribution in [3.05, 3.63) is 33.8 Å². The molecule has 2 heterocycles. The van der Waals surface area contributed by atoms with Crippen molar-refractivity contribution in [2.45, 2.75) is 6.42 Å². The quantitative estimate of drug-likeness (QED) is 0.751. The molecule has 9 heteroatoms. The monoisotopic (exact) mass is 404 g/mol. The van der Waals surface area contributed by atoms with E-state index in [0.29, 0.717) is 48.2 Å². The van der Waals surface area contributed by atoms with Gasteiger partial charge in [0.05, 0.1) is 17.4 Å². The Morgan fingerprint density at radius 2 is 1.52 bits per heavy atom. The molecule has 0 bridgehead atoms. The van der Waals surface area contributed by atoms with E-state index in [-0.39, 0.29) is 23.3 Å². The standard InChI is InChI=1S/C16H18Cl2N2O4S/c17-13-7-12(8-14(18)9-13)16(22)20-4-2-19(3-5-20)15(21)11-1-6-25(23,24)10-11/h7-9,11H,1-6,10H2. The number of hydrogen-bond acceptors (Lipinski definition) is 4. The van der Waals surface area contributed by atoms with E-state index in [2.05, 4.69) is 0 Å². The first-order valence-corrected chi connectivity index (χ1v) is 10.6. The molecule has 0 spiro atoms. The van der Waals surface area contributed by atoms with Crippen LogP contribution < -0.4 is 0 Å². The third kappa shape index (κ3) is 4.27. The largest absolute Gasteiger partial charge is 0.339 e. The Kier molecular flexibility index (Phi) is 5.27. The number of rotatable bonds is 2. The molecule has 0 radical (unpaired) electrons. The molecule has 1 aromatic carbocycles. The first kappa shape index (κ1) is 18.5. The van der Waals surface area contributed by atoms with Crippen molar-refractivity contribution in [3.8, 4) is 0 Å². The van der Waals surface area contributed by atoms with Gasteiger partial charge >= 0.3 is 0 Å². The average Bonchev–Trinajstić information content (AvgIpc) is 2.93. The highest BCUT2D eigenvalue weighted by Gasteiger charge is 2.36. The van der Waals surface area contributed by atoms with Crippen LogP contribution in [0.3, 0.4) is 0 Å². The molecule has 2 aliphatic rings. The van der Waals surface area contributed by atoms with E-state index < -0.39 is 15.8 Å². The second-order valence-corrected chi connectivity index (χ2v) is 9.48. The molecule has 2 amide bonds. The van der Waals surface area contributed by atoms with Crippen molar-refractivity contribution in [2.75, 3.05) is 37.7 Å². The summed E-state index contributed by atoms with van der Waals surface area (Å²) in [6.07, 6.45) is 0.390. The third-order valence-electron chi connectivity index (χ3n) is 4.57. The molecule has 6 nitrogen and oxygen atoms in total. The second-order valence-electron chi connectivity index (χ2n) is 6.38. The Balaban J connectivity index is 1.60. The second kappa shape index (κ2) is 7.13. The normalized spacial score (nSPS) is 22.9. The molecule has 136 valence electrons. The minimum atomic E-state index is -3.08. The van der Waals surface area contributed by atoms with Gasteiger partial charge in [0.1, 0.15) is 0 Å². The number of carbonyl (C=O) groups is 2. The molecule has 0 aliphatic carbocycles. The van der Waals surface area contributed by atoms with Gasteiger partial charge in [-0.1, -0.05) is 23.2 Å². The molecule has 1 unspecified atom stereocenters. The fraction of sp³-hybridized carbons (Fsp3) is 0.500. The van der Waals surface area contributed by atoms with E-state index in [1.807, 2.05) is 0 Å². The highest BCUT2D eigenvalue weighted by atomic mass is 35.5. The summed E-state index contributed by atoms with van der Waals surface area (Å²) >= 11 is 11.9. The summed E-state index contributed by atoms with van der Waals surface area (Å²) in [5, 5.41) is 0.791. The van der Waals surface area contributed by atoms with E-state index in [0.717, 1.165) is 0 Å². The van der Waals surface area contributed by atoms with Crippen LogP contribution in [0.25, 0.3) is 0 Å². The number of hydrogen-bond donors (Lipinski definition) is 0. The molecule has 1 atom stereocenters. The maximum Gasteiger partial charge on any atom is 0.254 e. The van der Waals surface area contributed by atoms with Gasteiger partial charge < -0.3 is 9.80 Å². The smallest absolute Gasteiger partial charge is 0.254 e. The highest BCUT2D eigenvalue weighted by Crippen LogP contribution is 2.23. The maximum absolute atomic E-state index is 12.5. The summed E-state index contributed by atoms with van der Waals surface area (Å²) in [6.45, 7) is 1.59. The number of sulfone groups is 1. The van der Waals surface area contributed by atoms with E-state index in [1.165, 1.54) is 0 Å². The molecule has 0 saturated carbocycles. The molecular formula is C16H18Cl2N2O4S. The maximum atomic E-state index is 12.5. The van der Waals surface area contributed by atoms with Crippen LogP contribution in [0, 0.1) is 5.92 Å². The lowest BCUT2D eigenvalue weighted by molar-refractivity contribution is -0.136. The Labute approximate surface area is 156 Å². The van der Waals surface area contributed by atoms with E-state index in [1.54, 1.807) is 28.0 Å². The van der Waals surface area contributed by atoms with Crippen molar-refractivity contribution in [2.24, 2.45) is 5.92 Å². The third-order valence-corrected chi connectivity index (χ3v) is 6.77. The minimum Gasteiger partial charge on any atom is -0.339 e. The molecule has 3 rings (SSSR count). The molecule has 2 fully saturated rings. The topological polar surface area (TPSA) is 74.8 Å². The van der Waals surface area contributed by atoms with E-state index >= 15 is 0 Å². The van der Waals surface area contributed by atoms with Crippen LogP contribution in [0.2, 0.25) is 10.0 Å². The molecule has 2 aliphatic heterocycles. The van der Waals surface area contributed by atoms with Crippen molar-refractivity contribution in [3.63, 3.8) is 0 Å². The zero-order valence-electron chi connectivity index (χ0n) is 13.5. The zero-order valence-corrected chi connectivity index (χ0v) is 15.8. The van der Waals surface area contributed by atoms with Gasteiger partial charge in [-0.05, 0) is 24.6 Å². The number of amides is 2. The molecule has 0 aromatic heterocycles. The Morgan fingerprint density at radius 3 is 2.04 bits per heavy atom. The fourth-order valence-corrected chi connectivity index (χ4v) is 5.50. The highest BCUT2D eigenvalue weighted by molar-refractivity contribution is 7.91. The molecule has 25 heavy (non-hydrogen) atoms. The first-order chi connectivity index (χ1) is 11.7. The predicted molar refractivity (Wildman–Crippen MR) is 95.7 cm³/mol. The van der Waals surface area contributed by atoms with Crippen LogP contribution >= 0.6 is 23.2 Å². The number of benzene rings is 1. The van der Waals surface area contributed by atoms with Gasteiger partial charge in [-0.15, -0.1) is 0 Å². The lowest BCUT2D eigenvalue weighted by Crippen LogP contribution is -2.52. The van der Waals surface area contributed by atoms with Crippen LogP contribution in [0.5, 0.6) is 0 Å². The van der Waals surface area contributed by atoms with Gasteiger partial charge in [0.15, 0.2) is 9.84 Å². The first-order valence-electron chi connectivity index (χ1n) is 8.00. The fourth-order valence-electron chi connectivity index (χ4n) is 3.24. The van der Waals surface area contributed by atoms with Crippen molar-refractivity contribution < 1.29 is 18.0 Å². The summed E-state index contributed by atoms with van der Waals surface area (Å²) in [5.74, 6) is -0.735. The lowest BCUT2D eigenvalue weighted by atomic mass is 10.1. The Bertz CT molecular complexity index is 784. The summed E-state index contributed by atoms with van der Waals surface area (Å²) in [7, 11) is -3.08. The van der Waals surface area contributed by atoms with E-state index in [9.17, 15) is 18.0 Å². The summed E-state index contributed by atoms with van der Waals surface area (Å²) in [6, 6.07) is 4.69.